The van der Waals surface area contributed by atoms with Crippen LogP contribution in [0.3, 0.4) is 0 Å². The van der Waals surface area contributed by atoms with Gasteiger partial charge in [-0.3, -0.25) is 4.79 Å². The van der Waals surface area contributed by atoms with Gasteiger partial charge in [-0.15, -0.1) is 0 Å². The van der Waals surface area contributed by atoms with Crippen molar-refractivity contribution in [2.45, 2.75) is 19.1 Å². The molecule has 0 aliphatic carbocycles. The topological polar surface area (TPSA) is 97.8 Å². The first-order valence-corrected chi connectivity index (χ1v) is 9.45. The molecule has 0 spiro atoms. The van der Waals surface area contributed by atoms with Gasteiger partial charge in [-0.1, -0.05) is 6.07 Å². The lowest BCUT2D eigenvalue weighted by atomic mass is 10.1. The van der Waals surface area contributed by atoms with Gasteiger partial charge >= 0.3 is 5.97 Å². The summed E-state index contributed by atoms with van der Waals surface area (Å²) in [5.41, 5.74) is 1.35. The zero-order chi connectivity index (χ0) is 22.4. The number of carbonyl (C=O) groups is 2. The Kier molecular flexibility index (Phi) is 6.94. The highest BCUT2D eigenvalue weighted by molar-refractivity contribution is 5.95. The van der Waals surface area contributed by atoms with Gasteiger partial charge in [0.2, 0.25) is 0 Å². The Labute approximate surface area is 178 Å². The van der Waals surface area contributed by atoms with E-state index in [1.165, 1.54) is 44.4 Å². The molecule has 7 nitrogen and oxygen atoms in total. The Morgan fingerprint density at radius 3 is 2.19 bits per heavy atom. The zero-order valence-corrected chi connectivity index (χ0v) is 16.9. The van der Waals surface area contributed by atoms with Crippen LogP contribution in [0.1, 0.15) is 17.4 Å². The number of aliphatic hydroxyl groups excluding tert-OH is 1. The van der Waals surface area contributed by atoms with Crippen molar-refractivity contribution >= 4 is 11.9 Å². The number of esters is 1. The summed E-state index contributed by atoms with van der Waals surface area (Å²) >= 11 is 0. The normalized spacial score (nSPS) is 12.5. The molecule has 0 saturated carbocycles. The first-order chi connectivity index (χ1) is 14.9. The number of ether oxygens (including phenoxy) is 2. The second-order valence-corrected chi connectivity index (χ2v) is 6.70. The molecule has 0 bridgehead atoms. The fraction of sp³-hybridized carbons (Fsp3) is 0.174. The van der Waals surface area contributed by atoms with Gasteiger partial charge in [-0.25, -0.2) is 14.2 Å². The fourth-order valence-corrected chi connectivity index (χ4v) is 2.77. The molecular weight excluding hydrogens is 403 g/mol. The highest BCUT2D eigenvalue weighted by atomic mass is 19.1. The Balaban J connectivity index is 1.74. The van der Waals surface area contributed by atoms with Gasteiger partial charge in [0.1, 0.15) is 23.0 Å². The van der Waals surface area contributed by atoms with Gasteiger partial charge in [0.25, 0.3) is 5.91 Å². The molecule has 2 N–H and O–H groups in total. The molecule has 1 amide bonds. The van der Waals surface area contributed by atoms with Crippen molar-refractivity contribution in [1.82, 2.24) is 10.3 Å². The number of halogens is 1. The molecule has 0 saturated heterocycles. The van der Waals surface area contributed by atoms with E-state index in [2.05, 4.69) is 15.0 Å². The standard InChI is InChI=1S/C23H21FN2O5/c1-14(27)21(23(29)30-2)26-22(28)20-5-3-4-19(25-20)15-6-10-17(11-7-15)31-18-12-8-16(24)9-13-18/h3-14,21,27H,1-2H3,(H,26,28). The van der Waals surface area contributed by atoms with Crippen molar-refractivity contribution in [2.75, 3.05) is 7.11 Å². The van der Waals surface area contributed by atoms with E-state index in [1.54, 1.807) is 36.4 Å². The predicted molar refractivity (Wildman–Crippen MR) is 111 cm³/mol. The lowest BCUT2D eigenvalue weighted by molar-refractivity contribution is -0.145. The molecule has 3 aromatic rings. The van der Waals surface area contributed by atoms with E-state index in [-0.39, 0.29) is 11.5 Å². The summed E-state index contributed by atoms with van der Waals surface area (Å²) in [6.07, 6.45) is -1.13. The first-order valence-electron chi connectivity index (χ1n) is 9.45. The summed E-state index contributed by atoms with van der Waals surface area (Å²) < 4.78 is 23.3. The molecule has 0 radical (unpaired) electrons. The van der Waals surface area contributed by atoms with Crippen molar-refractivity contribution in [1.29, 1.82) is 0 Å². The molecule has 3 rings (SSSR count). The summed E-state index contributed by atoms with van der Waals surface area (Å²) in [6.45, 7) is 1.38. The summed E-state index contributed by atoms with van der Waals surface area (Å²) in [6, 6.07) is 16.4. The van der Waals surface area contributed by atoms with Gasteiger partial charge in [-0.2, -0.15) is 0 Å². The summed E-state index contributed by atoms with van der Waals surface area (Å²) in [7, 11) is 1.17. The van der Waals surface area contributed by atoms with Gasteiger partial charge < -0.3 is 19.9 Å². The molecule has 8 heteroatoms. The molecule has 0 aliphatic rings. The molecule has 2 atom stereocenters. The van der Waals surface area contributed by atoms with Crippen LogP contribution in [0, 0.1) is 5.82 Å². The molecule has 1 aromatic heterocycles. The van der Waals surface area contributed by atoms with Crippen molar-refractivity contribution in [2.24, 2.45) is 0 Å². The largest absolute Gasteiger partial charge is 0.467 e. The summed E-state index contributed by atoms with van der Waals surface area (Å²) in [5.74, 6) is -0.652. The number of carbonyl (C=O) groups excluding carboxylic acids is 2. The lowest BCUT2D eigenvalue weighted by Gasteiger charge is -2.18. The lowest BCUT2D eigenvalue weighted by Crippen LogP contribution is -2.48. The van der Waals surface area contributed by atoms with E-state index in [1.807, 2.05) is 0 Å². The minimum absolute atomic E-state index is 0.0821. The van der Waals surface area contributed by atoms with E-state index in [0.717, 1.165) is 5.56 Å². The summed E-state index contributed by atoms with van der Waals surface area (Å²) in [5, 5.41) is 12.2. The Morgan fingerprint density at radius 2 is 1.61 bits per heavy atom. The monoisotopic (exact) mass is 424 g/mol. The molecular formula is C23H21FN2O5. The SMILES string of the molecule is COC(=O)C(NC(=O)c1cccc(-c2ccc(Oc3ccc(F)cc3)cc2)n1)C(C)O. The smallest absolute Gasteiger partial charge is 0.331 e. The van der Waals surface area contributed by atoms with Crippen molar-refractivity contribution in [3.8, 4) is 22.8 Å². The van der Waals surface area contributed by atoms with Crippen LogP contribution in [0.4, 0.5) is 4.39 Å². The van der Waals surface area contributed by atoms with E-state index < -0.39 is 24.0 Å². The number of rotatable bonds is 7. The van der Waals surface area contributed by atoms with Crippen LogP contribution in [-0.2, 0) is 9.53 Å². The second kappa shape index (κ2) is 9.82. The molecule has 31 heavy (non-hydrogen) atoms. The first kappa shape index (κ1) is 21.9. The third-order valence-corrected chi connectivity index (χ3v) is 4.41. The van der Waals surface area contributed by atoms with Gasteiger partial charge in [0.05, 0.1) is 18.9 Å². The maximum atomic E-state index is 13.0. The fourth-order valence-electron chi connectivity index (χ4n) is 2.77. The number of aromatic nitrogens is 1. The molecule has 2 aromatic carbocycles. The number of aliphatic hydroxyl groups is 1. The highest BCUT2D eigenvalue weighted by Crippen LogP contribution is 2.25. The molecule has 0 fully saturated rings. The number of hydrogen-bond donors (Lipinski definition) is 2. The molecule has 2 unspecified atom stereocenters. The quantitative estimate of drug-likeness (QED) is 0.565. The van der Waals surface area contributed by atoms with Crippen molar-refractivity contribution < 1.29 is 28.6 Å². The number of benzene rings is 2. The van der Waals surface area contributed by atoms with E-state index in [9.17, 15) is 19.1 Å². The predicted octanol–water partition coefficient (Wildman–Crippen LogP) is 3.33. The molecule has 1 heterocycles. The van der Waals surface area contributed by atoms with E-state index >= 15 is 0 Å². The third-order valence-electron chi connectivity index (χ3n) is 4.41. The highest BCUT2D eigenvalue weighted by Gasteiger charge is 2.27. The van der Waals surface area contributed by atoms with Crippen LogP contribution >= 0.6 is 0 Å². The zero-order valence-electron chi connectivity index (χ0n) is 16.9. The number of amides is 1. The van der Waals surface area contributed by atoms with Crippen LogP contribution in [0.15, 0.2) is 66.7 Å². The molecule has 160 valence electrons. The third kappa shape index (κ3) is 5.64. The van der Waals surface area contributed by atoms with Gasteiger partial charge in [0, 0.05) is 5.56 Å². The van der Waals surface area contributed by atoms with Crippen molar-refractivity contribution in [3.63, 3.8) is 0 Å². The number of methoxy groups -OCH3 is 1. The second-order valence-electron chi connectivity index (χ2n) is 6.70. The van der Waals surface area contributed by atoms with Crippen molar-refractivity contribution in [3.05, 3.63) is 78.2 Å². The van der Waals surface area contributed by atoms with E-state index in [0.29, 0.717) is 17.2 Å². The average molecular weight is 424 g/mol. The number of hydrogen-bond acceptors (Lipinski definition) is 6. The minimum Gasteiger partial charge on any atom is -0.467 e. The van der Waals surface area contributed by atoms with Crippen LogP contribution in [0.5, 0.6) is 11.5 Å². The Morgan fingerprint density at radius 1 is 1.00 bits per heavy atom. The maximum Gasteiger partial charge on any atom is 0.331 e. The minimum atomic E-state index is -1.20. The number of nitrogens with zero attached hydrogens (tertiary/aromatic N) is 1. The van der Waals surface area contributed by atoms with Gasteiger partial charge in [-0.05, 0) is 67.6 Å². The Hall–Kier alpha value is -3.78. The van der Waals surface area contributed by atoms with Gasteiger partial charge in [0.15, 0.2) is 6.04 Å². The average Bonchev–Trinajstić information content (AvgIpc) is 2.78. The van der Waals surface area contributed by atoms with E-state index in [4.69, 9.17) is 4.74 Å². The molecule has 0 aliphatic heterocycles. The Bertz CT molecular complexity index is 1050. The summed E-state index contributed by atoms with van der Waals surface area (Å²) in [4.78, 5) is 28.6. The van der Waals surface area contributed by atoms with Crippen LogP contribution < -0.4 is 10.1 Å². The number of nitrogens with one attached hydrogen (secondary N) is 1. The number of pyridine rings is 1. The van der Waals surface area contributed by atoms with Crippen LogP contribution in [0.25, 0.3) is 11.3 Å². The van der Waals surface area contributed by atoms with Crippen LogP contribution in [-0.4, -0.2) is 41.2 Å². The maximum absolute atomic E-state index is 13.0. The van der Waals surface area contributed by atoms with Crippen LogP contribution in [0.2, 0.25) is 0 Å².